The van der Waals surface area contributed by atoms with Gasteiger partial charge < -0.3 is 4.74 Å². The topological polar surface area (TPSA) is 9.23 Å². The minimum atomic E-state index is -4.82. The second-order valence-corrected chi connectivity index (χ2v) is 7.23. The number of aryl methyl sites for hydroxylation is 1. The van der Waals surface area contributed by atoms with Gasteiger partial charge in [0.25, 0.3) is 0 Å². The molecular weight excluding hydrogens is 425 g/mol. The maximum Gasteiger partial charge on any atom is 0.422 e. The monoisotopic (exact) mass is 444 g/mol. The van der Waals surface area contributed by atoms with E-state index in [1.165, 1.54) is 18.2 Å². The van der Waals surface area contributed by atoms with Crippen LogP contribution in [-0.4, -0.2) is 12.8 Å². The number of unbranched alkanes of at least 4 members (excludes halogenated alkanes) is 2. The van der Waals surface area contributed by atoms with Crippen molar-refractivity contribution in [2.75, 3.05) is 6.61 Å². The standard InChI is InChI=1S/C23H19F7O/c1-2-3-4-5-13-6-7-16(17(24)8-13)14-9-15-11-19(26)22(31-12-23(28,29)30)21(27)20(15)18(25)10-14/h6-11H,2-5,12H2,1H3. The van der Waals surface area contributed by atoms with Crippen molar-refractivity contribution in [2.45, 2.75) is 38.8 Å². The first-order chi connectivity index (χ1) is 14.6. The van der Waals surface area contributed by atoms with E-state index in [1.54, 1.807) is 6.07 Å². The van der Waals surface area contributed by atoms with Crippen molar-refractivity contribution in [3.05, 3.63) is 65.2 Å². The lowest BCUT2D eigenvalue weighted by Gasteiger charge is -2.14. The number of hydrogen-bond donors (Lipinski definition) is 0. The zero-order chi connectivity index (χ0) is 22.8. The minimum absolute atomic E-state index is 0.0401. The molecule has 3 rings (SSSR count). The Hall–Kier alpha value is -2.77. The van der Waals surface area contributed by atoms with Crippen molar-refractivity contribution in [2.24, 2.45) is 0 Å². The van der Waals surface area contributed by atoms with E-state index in [0.29, 0.717) is 12.5 Å². The van der Waals surface area contributed by atoms with Gasteiger partial charge in [0.2, 0.25) is 0 Å². The van der Waals surface area contributed by atoms with Crippen LogP contribution in [-0.2, 0) is 6.42 Å². The highest BCUT2D eigenvalue weighted by molar-refractivity contribution is 5.90. The van der Waals surface area contributed by atoms with Crippen LogP contribution in [0.4, 0.5) is 30.7 Å². The van der Waals surface area contributed by atoms with Gasteiger partial charge in [-0.2, -0.15) is 13.2 Å². The summed E-state index contributed by atoms with van der Waals surface area (Å²) in [4.78, 5) is 0. The number of alkyl halides is 3. The molecule has 31 heavy (non-hydrogen) atoms. The first kappa shape index (κ1) is 22.9. The number of hydrogen-bond acceptors (Lipinski definition) is 1. The molecule has 0 unspecified atom stereocenters. The highest BCUT2D eigenvalue weighted by Crippen LogP contribution is 2.36. The summed E-state index contributed by atoms with van der Waals surface area (Å²) in [5.41, 5.74) is 0.864. The van der Waals surface area contributed by atoms with Gasteiger partial charge in [0.1, 0.15) is 11.6 Å². The summed E-state index contributed by atoms with van der Waals surface area (Å²) in [6, 6.07) is 7.19. The summed E-state index contributed by atoms with van der Waals surface area (Å²) >= 11 is 0. The molecule has 3 aromatic rings. The predicted molar refractivity (Wildman–Crippen MR) is 104 cm³/mol. The van der Waals surface area contributed by atoms with Crippen LogP contribution in [0.3, 0.4) is 0 Å². The molecule has 0 heterocycles. The lowest BCUT2D eigenvalue weighted by molar-refractivity contribution is -0.154. The van der Waals surface area contributed by atoms with E-state index < -0.39 is 47.2 Å². The van der Waals surface area contributed by atoms with Gasteiger partial charge in [-0.15, -0.1) is 0 Å². The third-order valence-corrected chi connectivity index (χ3v) is 4.83. The van der Waals surface area contributed by atoms with Crippen molar-refractivity contribution >= 4 is 10.8 Å². The molecule has 0 fully saturated rings. The van der Waals surface area contributed by atoms with Crippen LogP contribution in [0.15, 0.2) is 36.4 Å². The molecule has 0 spiro atoms. The zero-order valence-electron chi connectivity index (χ0n) is 16.6. The van der Waals surface area contributed by atoms with Crippen molar-refractivity contribution in [3.8, 4) is 16.9 Å². The first-order valence-corrected chi connectivity index (χ1v) is 9.70. The quantitative estimate of drug-likeness (QED) is 0.268. The van der Waals surface area contributed by atoms with E-state index in [0.717, 1.165) is 30.9 Å². The van der Waals surface area contributed by atoms with Gasteiger partial charge in [0.05, 0.1) is 5.39 Å². The van der Waals surface area contributed by atoms with Gasteiger partial charge in [0, 0.05) is 5.56 Å². The van der Waals surface area contributed by atoms with Crippen LogP contribution < -0.4 is 4.74 Å². The Morgan fingerprint density at radius 1 is 0.839 bits per heavy atom. The predicted octanol–water partition coefficient (Wildman–Crippen LogP) is 7.74. The fourth-order valence-corrected chi connectivity index (χ4v) is 3.36. The highest BCUT2D eigenvalue weighted by atomic mass is 19.4. The molecule has 0 atom stereocenters. The summed E-state index contributed by atoms with van der Waals surface area (Å²) in [6.07, 6.45) is -1.21. The van der Waals surface area contributed by atoms with Crippen LogP contribution in [0.25, 0.3) is 21.9 Å². The minimum Gasteiger partial charge on any atom is -0.478 e. The molecule has 1 nitrogen and oxygen atoms in total. The SMILES string of the molecule is CCCCCc1ccc(-c2cc(F)c3c(F)c(OCC(F)(F)F)c(F)cc3c2)c(F)c1. The smallest absolute Gasteiger partial charge is 0.422 e. The van der Waals surface area contributed by atoms with E-state index >= 15 is 0 Å². The van der Waals surface area contributed by atoms with Gasteiger partial charge >= 0.3 is 6.18 Å². The molecule has 0 bridgehead atoms. The largest absolute Gasteiger partial charge is 0.478 e. The zero-order valence-corrected chi connectivity index (χ0v) is 16.6. The van der Waals surface area contributed by atoms with Gasteiger partial charge in [-0.1, -0.05) is 31.9 Å². The van der Waals surface area contributed by atoms with Gasteiger partial charge in [-0.3, -0.25) is 0 Å². The Kier molecular flexibility index (Phi) is 6.77. The van der Waals surface area contributed by atoms with Crippen LogP contribution >= 0.6 is 0 Å². The normalized spacial score (nSPS) is 11.9. The van der Waals surface area contributed by atoms with E-state index in [2.05, 4.69) is 11.7 Å². The van der Waals surface area contributed by atoms with Crippen LogP contribution in [0.2, 0.25) is 0 Å². The molecular formula is C23H19F7O. The van der Waals surface area contributed by atoms with Crippen molar-refractivity contribution in [1.82, 2.24) is 0 Å². The summed E-state index contributed by atoms with van der Waals surface area (Å²) in [5.74, 6) is -6.11. The molecule has 0 N–H and O–H groups in total. The fraction of sp³-hybridized carbons (Fsp3) is 0.304. The average molecular weight is 444 g/mol. The maximum absolute atomic E-state index is 14.6. The second-order valence-electron chi connectivity index (χ2n) is 7.23. The molecule has 0 aliphatic heterocycles. The van der Waals surface area contributed by atoms with Gasteiger partial charge in [0.15, 0.2) is 24.0 Å². The summed E-state index contributed by atoms with van der Waals surface area (Å²) in [7, 11) is 0. The number of halogens is 7. The number of fused-ring (bicyclic) bond motifs is 1. The third-order valence-electron chi connectivity index (χ3n) is 4.83. The summed E-state index contributed by atoms with van der Waals surface area (Å²) < 4.78 is 99.1. The Labute approximate surface area is 174 Å². The molecule has 8 heteroatoms. The highest BCUT2D eigenvalue weighted by Gasteiger charge is 2.30. The molecule has 0 aliphatic carbocycles. The average Bonchev–Trinajstić information content (AvgIpc) is 2.66. The van der Waals surface area contributed by atoms with E-state index in [9.17, 15) is 30.7 Å². The lowest BCUT2D eigenvalue weighted by atomic mass is 9.97. The summed E-state index contributed by atoms with van der Waals surface area (Å²) in [6.45, 7) is 0.122. The molecule has 0 radical (unpaired) electrons. The van der Waals surface area contributed by atoms with Crippen molar-refractivity contribution < 1.29 is 35.5 Å². The lowest BCUT2D eigenvalue weighted by Crippen LogP contribution is -2.20. The van der Waals surface area contributed by atoms with Crippen LogP contribution in [0.1, 0.15) is 31.7 Å². The Bertz CT molecular complexity index is 1090. The van der Waals surface area contributed by atoms with Gasteiger partial charge in [-0.05, 0) is 53.6 Å². The van der Waals surface area contributed by atoms with E-state index in [-0.39, 0.29) is 16.5 Å². The van der Waals surface area contributed by atoms with Crippen molar-refractivity contribution in [1.29, 1.82) is 0 Å². The molecule has 0 aliphatic rings. The third kappa shape index (κ3) is 5.29. The molecule has 0 aromatic heterocycles. The maximum atomic E-state index is 14.6. The molecule has 166 valence electrons. The van der Waals surface area contributed by atoms with Crippen LogP contribution in [0.5, 0.6) is 5.75 Å². The summed E-state index contributed by atoms with van der Waals surface area (Å²) in [5, 5.41) is -1.00. The molecule has 0 amide bonds. The Balaban J connectivity index is 1.99. The fourth-order valence-electron chi connectivity index (χ4n) is 3.36. The molecule has 3 aromatic carbocycles. The van der Waals surface area contributed by atoms with E-state index in [1.807, 2.05) is 0 Å². The Morgan fingerprint density at radius 2 is 1.58 bits per heavy atom. The molecule has 0 saturated carbocycles. The van der Waals surface area contributed by atoms with Gasteiger partial charge in [-0.25, -0.2) is 17.6 Å². The number of rotatable bonds is 7. The number of benzene rings is 3. The molecule has 0 saturated heterocycles. The second kappa shape index (κ2) is 9.16. The number of ether oxygens (including phenoxy) is 1. The van der Waals surface area contributed by atoms with Crippen LogP contribution in [0, 0.1) is 23.3 Å². The van der Waals surface area contributed by atoms with E-state index in [4.69, 9.17) is 0 Å². The van der Waals surface area contributed by atoms with Crippen molar-refractivity contribution in [3.63, 3.8) is 0 Å². The Morgan fingerprint density at radius 3 is 2.23 bits per heavy atom. The first-order valence-electron chi connectivity index (χ1n) is 9.70.